The van der Waals surface area contributed by atoms with E-state index in [1.807, 2.05) is 4.90 Å². The summed E-state index contributed by atoms with van der Waals surface area (Å²) in [5.74, 6) is -1.06. The Morgan fingerprint density at radius 2 is 1.76 bits per heavy atom. The van der Waals surface area contributed by atoms with Crippen molar-refractivity contribution in [1.29, 1.82) is 0 Å². The molecule has 0 unspecified atom stereocenters. The summed E-state index contributed by atoms with van der Waals surface area (Å²) in [4.78, 5) is 6.50. The molecule has 3 fully saturated rings. The predicted molar refractivity (Wildman–Crippen MR) is 157 cm³/mol. The first-order valence-corrected chi connectivity index (χ1v) is 18.3. The average molecular weight is 624 g/mol. The summed E-state index contributed by atoms with van der Waals surface area (Å²) in [6, 6.07) is 6.94. The Kier molecular flexibility index (Phi) is 8.49. The van der Waals surface area contributed by atoms with Gasteiger partial charge in [0.1, 0.15) is 36.7 Å². The van der Waals surface area contributed by atoms with Gasteiger partial charge in [-0.25, -0.2) is 13.8 Å². The van der Waals surface area contributed by atoms with Crippen LogP contribution in [0.5, 0.6) is 5.88 Å². The molecule has 42 heavy (non-hydrogen) atoms. The largest absolute Gasteiger partial charge is 0.470 e. The van der Waals surface area contributed by atoms with Crippen LogP contribution < -0.4 is 9.64 Å². The highest BCUT2D eigenvalue weighted by Gasteiger charge is 2.48. The number of benzene rings is 1. The Balaban J connectivity index is 1.33. The summed E-state index contributed by atoms with van der Waals surface area (Å²) in [7, 11) is -1.31. The number of halogens is 3. The lowest BCUT2D eigenvalue weighted by Gasteiger charge is -2.29. The van der Waals surface area contributed by atoms with Gasteiger partial charge in [-0.15, -0.1) is 0 Å². The van der Waals surface area contributed by atoms with Gasteiger partial charge in [-0.2, -0.15) is 0 Å². The number of morpholine rings is 1. The molecule has 3 aromatic rings. The van der Waals surface area contributed by atoms with Crippen LogP contribution in [0.3, 0.4) is 0 Å². The molecule has 0 amide bonds. The highest BCUT2D eigenvalue weighted by molar-refractivity contribution is 6.76. The van der Waals surface area contributed by atoms with E-state index in [1.165, 1.54) is 12.1 Å². The van der Waals surface area contributed by atoms with Gasteiger partial charge in [-0.3, -0.25) is 4.57 Å². The van der Waals surface area contributed by atoms with Crippen molar-refractivity contribution < 1.29 is 37.6 Å². The first-order valence-electron chi connectivity index (χ1n) is 14.3. The van der Waals surface area contributed by atoms with Crippen molar-refractivity contribution in [3.05, 3.63) is 40.9 Å². The number of fused-ring (bicyclic) bond motifs is 2. The molecule has 4 atom stereocenters. The second-order valence-corrected chi connectivity index (χ2v) is 18.2. The van der Waals surface area contributed by atoms with Crippen molar-refractivity contribution >= 4 is 36.4 Å². The fraction of sp³-hybridized carbons (Fsp3) is 0.552. The summed E-state index contributed by atoms with van der Waals surface area (Å²) in [5, 5.41) is 10.2. The van der Waals surface area contributed by atoms with Gasteiger partial charge in [0.05, 0.1) is 53.7 Å². The van der Waals surface area contributed by atoms with Crippen molar-refractivity contribution in [2.24, 2.45) is 0 Å². The molecule has 9 nitrogen and oxygen atoms in total. The van der Waals surface area contributed by atoms with Crippen molar-refractivity contribution in [1.82, 2.24) is 9.55 Å². The highest BCUT2D eigenvalue weighted by atomic mass is 35.5. The van der Waals surface area contributed by atoms with Gasteiger partial charge < -0.3 is 33.7 Å². The van der Waals surface area contributed by atoms with Gasteiger partial charge in [0, 0.05) is 39.5 Å². The van der Waals surface area contributed by atoms with Crippen molar-refractivity contribution in [3.8, 4) is 17.1 Å². The van der Waals surface area contributed by atoms with Gasteiger partial charge in [-0.05, 0) is 24.2 Å². The SMILES string of the molecule is C[Si](C)(C)CCOCn1c(O[C@@H]2CO[C@H]3[C@@H]2OC[C@H]3O)cc2nc(-c3c(F)cc(N4CCOCC4)cc3F)c(Cl)cc21. The lowest BCUT2D eigenvalue weighted by Crippen LogP contribution is -2.36. The van der Waals surface area contributed by atoms with E-state index >= 15 is 8.78 Å². The third-order valence-electron chi connectivity index (χ3n) is 7.91. The van der Waals surface area contributed by atoms with E-state index in [0.717, 1.165) is 6.04 Å². The molecule has 1 N–H and O–H groups in total. The van der Waals surface area contributed by atoms with Crippen LogP contribution in [0.1, 0.15) is 0 Å². The third-order valence-corrected chi connectivity index (χ3v) is 9.90. The van der Waals surface area contributed by atoms with Crippen LogP contribution in [0.4, 0.5) is 14.5 Å². The van der Waals surface area contributed by atoms with E-state index in [4.69, 9.17) is 35.3 Å². The number of nitrogens with zero attached hydrogens (tertiary/aromatic N) is 3. The Hall–Kier alpha value is -2.32. The standard InChI is InChI=1S/C29H36ClF2N3O6Si/c1-42(2,3)9-8-38-16-35-22-12-18(30)27(26-19(31)10-17(11-20(26)32)34-4-6-37-7-5-34)33-21(22)13-25(35)41-24-15-40-28-23(36)14-39-29(24)28/h10-13,23-24,28-29,36H,4-9,14-16H2,1-3H3/t23-,24-,28-,29-/m1/s1. The Morgan fingerprint density at radius 1 is 1.05 bits per heavy atom. The minimum atomic E-state index is -1.31. The first-order chi connectivity index (χ1) is 20.1. The minimum absolute atomic E-state index is 0.00237. The lowest BCUT2D eigenvalue weighted by atomic mass is 10.1. The predicted octanol–water partition coefficient (Wildman–Crippen LogP) is 4.69. The van der Waals surface area contributed by atoms with Crippen LogP contribution in [0.15, 0.2) is 24.3 Å². The Morgan fingerprint density at radius 3 is 2.48 bits per heavy atom. The molecule has 0 aliphatic carbocycles. The van der Waals surface area contributed by atoms with E-state index in [1.54, 1.807) is 16.7 Å². The molecule has 0 bridgehead atoms. The van der Waals surface area contributed by atoms with Crippen LogP contribution in [0.25, 0.3) is 22.3 Å². The molecule has 2 aromatic heterocycles. The topological polar surface area (TPSA) is 87.4 Å². The third kappa shape index (κ3) is 6.03. The molecule has 0 spiro atoms. The maximum atomic E-state index is 15.5. The lowest BCUT2D eigenvalue weighted by molar-refractivity contribution is 0.00479. The molecule has 0 radical (unpaired) electrons. The smallest absolute Gasteiger partial charge is 0.198 e. The molecule has 6 rings (SSSR count). The van der Waals surface area contributed by atoms with Gasteiger partial charge in [0.15, 0.2) is 12.0 Å². The minimum Gasteiger partial charge on any atom is -0.470 e. The fourth-order valence-electron chi connectivity index (χ4n) is 5.56. The fourth-order valence-corrected chi connectivity index (χ4v) is 6.56. The Labute approximate surface area is 249 Å². The number of anilines is 1. The monoisotopic (exact) mass is 623 g/mol. The van der Waals surface area contributed by atoms with Crippen molar-refractivity contribution in [2.45, 2.75) is 56.8 Å². The van der Waals surface area contributed by atoms with Gasteiger partial charge in [0.2, 0.25) is 0 Å². The van der Waals surface area contributed by atoms with Crippen molar-refractivity contribution in [3.63, 3.8) is 0 Å². The van der Waals surface area contributed by atoms with E-state index < -0.39 is 44.1 Å². The summed E-state index contributed by atoms with van der Waals surface area (Å²) in [6.07, 6.45) is -2.04. The maximum absolute atomic E-state index is 15.5. The molecular weight excluding hydrogens is 588 g/mol. The number of hydrogen-bond donors (Lipinski definition) is 1. The molecule has 1 aromatic carbocycles. The normalized spacial score (nSPS) is 24.5. The summed E-state index contributed by atoms with van der Waals surface area (Å²) in [5.41, 5.74) is 1.20. The number of rotatable bonds is 9. The number of pyridine rings is 1. The molecule has 3 aliphatic rings. The van der Waals surface area contributed by atoms with Crippen molar-refractivity contribution in [2.75, 3.05) is 51.0 Å². The summed E-state index contributed by atoms with van der Waals surface area (Å²) in [6.45, 7) is 10.1. The molecule has 228 valence electrons. The number of ether oxygens (including phenoxy) is 5. The zero-order chi connectivity index (χ0) is 29.6. The van der Waals surface area contributed by atoms with E-state index in [2.05, 4.69) is 24.6 Å². The van der Waals surface area contributed by atoms with Gasteiger partial charge in [0.25, 0.3) is 0 Å². The van der Waals surface area contributed by atoms with E-state index in [9.17, 15) is 5.11 Å². The quantitative estimate of drug-likeness (QED) is 0.271. The number of aromatic nitrogens is 2. The average Bonchev–Trinajstić information content (AvgIpc) is 3.61. The number of aliphatic hydroxyl groups is 1. The second kappa shape index (κ2) is 12.0. The second-order valence-electron chi connectivity index (χ2n) is 12.2. The van der Waals surface area contributed by atoms with E-state index in [-0.39, 0.29) is 36.2 Å². The van der Waals surface area contributed by atoms with Gasteiger partial charge in [-0.1, -0.05) is 31.2 Å². The highest BCUT2D eigenvalue weighted by Crippen LogP contribution is 2.38. The first kappa shape index (κ1) is 29.7. The van der Waals surface area contributed by atoms with Crippen LogP contribution in [-0.2, 0) is 25.7 Å². The molecular formula is C29H36ClF2N3O6Si. The molecule has 5 heterocycles. The molecule has 0 saturated carbocycles. The summed E-state index contributed by atoms with van der Waals surface area (Å²) < 4.78 is 61.9. The zero-order valence-electron chi connectivity index (χ0n) is 23.9. The molecule has 3 aliphatic heterocycles. The zero-order valence-corrected chi connectivity index (χ0v) is 25.7. The summed E-state index contributed by atoms with van der Waals surface area (Å²) >= 11 is 6.65. The van der Waals surface area contributed by atoms with Crippen LogP contribution in [0, 0.1) is 11.6 Å². The number of hydrogen-bond acceptors (Lipinski definition) is 8. The van der Waals surface area contributed by atoms with E-state index in [0.29, 0.717) is 55.5 Å². The molecule has 13 heteroatoms. The van der Waals surface area contributed by atoms with Crippen LogP contribution >= 0.6 is 11.6 Å². The van der Waals surface area contributed by atoms with Crippen LogP contribution in [-0.4, -0.2) is 93.3 Å². The van der Waals surface area contributed by atoms with Crippen LogP contribution in [0.2, 0.25) is 30.7 Å². The Bertz CT molecular complexity index is 1420. The maximum Gasteiger partial charge on any atom is 0.198 e. The van der Waals surface area contributed by atoms with Gasteiger partial charge >= 0.3 is 0 Å². The molecule has 3 saturated heterocycles. The number of aliphatic hydroxyl groups excluding tert-OH is 1.